The molecule has 0 aliphatic carbocycles. The van der Waals surface area contributed by atoms with Gasteiger partial charge in [0.15, 0.2) is 0 Å². The van der Waals surface area contributed by atoms with E-state index in [0.29, 0.717) is 11.9 Å². The molecule has 6 heteroatoms. The predicted octanol–water partition coefficient (Wildman–Crippen LogP) is 0.876. The standard InChI is InChI=1S/C10H18N6/c1-2-12-9-13-8(11)14-10(15-9)16-6-4-3-5-7-16/h2-7H2,1H3,(H3,11,12,13,14,15). The Morgan fingerprint density at radius 2 is 1.94 bits per heavy atom. The van der Waals surface area contributed by atoms with Gasteiger partial charge in [0.05, 0.1) is 0 Å². The summed E-state index contributed by atoms with van der Waals surface area (Å²) >= 11 is 0. The number of aromatic nitrogens is 3. The number of piperidine rings is 1. The average Bonchev–Trinajstić information content (AvgIpc) is 2.30. The smallest absolute Gasteiger partial charge is 0.231 e. The predicted molar refractivity (Wildman–Crippen MR) is 64.5 cm³/mol. The van der Waals surface area contributed by atoms with Gasteiger partial charge >= 0.3 is 0 Å². The van der Waals surface area contributed by atoms with Crippen LogP contribution in [0.4, 0.5) is 17.8 Å². The molecule has 6 nitrogen and oxygen atoms in total. The highest BCUT2D eigenvalue weighted by molar-refractivity contribution is 5.41. The number of nitrogens with one attached hydrogen (secondary N) is 1. The van der Waals surface area contributed by atoms with E-state index in [1.54, 1.807) is 0 Å². The fraction of sp³-hybridized carbons (Fsp3) is 0.700. The molecule has 3 N–H and O–H groups in total. The minimum absolute atomic E-state index is 0.284. The highest BCUT2D eigenvalue weighted by Gasteiger charge is 2.15. The first-order valence-corrected chi connectivity index (χ1v) is 5.80. The normalized spacial score (nSPS) is 16.2. The highest BCUT2D eigenvalue weighted by atomic mass is 15.3. The number of anilines is 3. The van der Waals surface area contributed by atoms with Crippen LogP contribution >= 0.6 is 0 Å². The summed E-state index contributed by atoms with van der Waals surface area (Å²) in [4.78, 5) is 14.7. The highest BCUT2D eigenvalue weighted by Crippen LogP contribution is 2.17. The summed E-state index contributed by atoms with van der Waals surface area (Å²) < 4.78 is 0. The lowest BCUT2D eigenvalue weighted by Gasteiger charge is -2.26. The van der Waals surface area contributed by atoms with Crippen LogP contribution in [0.3, 0.4) is 0 Å². The summed E-state index contributed by atoms with van der Waals surface area (Å²) in [5, 5.41) is 3.06. The second-order valence-corrected chi connectivity index (χ2v) is 3.90. The van der Waals surface area contributed by atoms with Crippen molar-refractivity contribution in [2.45, 2.75) is 26.2 Å². The molecular weight excluding hydrogens is 204 g/mol. The number of rotatable bonds is 3. The maximum absolute atomic E-state index is 5.67. The zero-order valence-corrected chi connectivity index (χ0v) is 9.61. The largest absolute Gasteiger partial charge is 0.368 e. The third-order valence-corrected chi connectivity index (χ3v) is 2.61. The molecule has 16 heavy (non-hydrogen) atoms. The Labute approximate surface area is 95.3 Å². The minimum Gasteiger partial charge on any atom is -0.368 e. The Hall–Kier alpha value is -1.59. The van der Waals surface area contributed by atoms with E-state index in [2.05, 4.69) is 25.2 Å². The van der Waals surface area contributed by atoms with E-state index in [1.165, 1.54) is 19.3 Å². The number of hydrogen-bond donors (Lipinski definition) is 2. The first kappa shape index (κ1) is 10.9. The fourth-order valence-electron chi connectivity index (χ4n) is 1.85. The summed E-state index contributed by atoms with van der Waals surface area (Å²) in [7, 11) is 0. The first-order chi connectivity index (χ1) is 7.79. The molecule has 0 bridgehead atoms. The van der Waals surface area contributed by atoms with E-state index < -0.39 is 0 Å². The van der Waals surface area contributed by atoms with Gasteiger partial charge < -0.3 is 16.0 Å². The lowest BCUT2D eigenvalue weighted by atomic mass is 10.1. The molecule has 0 amide bonds. The number of hydrogen-bond acceptors (Lipinski definition) is 6. The molecule has 0 spiro atoms. The molecule has 0 atom stereocenters. The molecule has 2 heterocycles. The van der Waals surface area contributed by atoms with Crippen molar-refractivity contribution in [3.05, 3.63) is 0 Å². The van der Waals surface area contributed by atoms with Gasteiger partial charge in [-0.1, -0.05) is 0 Å². The van der Waals surface area contributed by atoms with Crippen molar-refractivity contribution >= 4 is 17.8 Å². The summed E-state index contributed by atoms with van der Waals surface area (Å²) in [5.74, 6) is 1.55. The van der Waals surface area contributed by atoms with Crippen molar-refractivity contribution in [3.63, 3.8) is 0 Å². The van der Waals surface area contributed by atoms with E-state index in [0.717, 1.165) is 19.6 Å². The third kappa shape index (κ3) is 2.50. The summed E-state index contributed by atoms with van der Waals surface area (Å²) in [6, 6.07) is 0. The summed E-state index contributed by atoms with van der Waals surface area (Å²) in [6.07, 6.45) is 3.68. The summed E-state index contributed by atoms with van der Waals surface area (Å²) in [5.41, 5.74) is 5.67. The van der Waals surface area contributed by atoms with E-state index >= 15 is 0 Å². The Kier molecular flexibility index (Phi) is 3.38. The van der Waals surface area contributed by atoms with Gasteiger partial charge in [-0.2, -0.15) is 15.0 Å². The molecule has 0 radical (unpaired) electrons. The molecule has 0 aromatic carbocycles. The van der Waals surface area contributed by atoms with Gasteiger partial charge in [-0.05, 0) is 26.2 Å². The lowest BCUT2D eigenvalue weighted by Crippen LogP contribution is -2.31. The maximum atomic E-state index is 5.67. The third-order valence-electron chi connectivity index (χ3n) is 2.61. The van der Waals surface area contributed by atoms with E-state index in [4.69, 9.17) is 5.73 Å². The molecule has 88 valence electrons. The molecule has 1 saturated heterocycles. The Morgan fingerprint density at radius 3 is 2.62 bits per heavy atom. The maximum Gasteiger partial charge on any atom is 0.231 e. The Balaban J connectivity index is 2.18. The van der Waals surface area contributed by atoms with Crippen LogP contribution in [0.1, 0.15) is 26.2 Å². The van der Waals surface area contributed by atoms with Gasteiger partial charge in [0.1, 0.15) is 0 Å². The average molecular weight is 222 g/mol. The van der Waals surface area contributed by atoms with Crippen LogP contribution in [-0.4, -0.2) is 34.6 Å². The van der Waals surface area contributed by atoms with E-state index in [-0.39, 0.29) is 5.95 Å². The topological polar surface area (TPSA) is 80.0 Å². The van der Waals surface area contributed by atoms with Crippen LogP contribution in [0.15, 0.2) is 0 Å². The molecule has 1 aromatic rings. The molecule has 0 saturated carbocycles. The molecule has 1 aromatic heterocycles. The molecule has 1 aliphatic rings. The van der Waals surface area contributed by atoms with Gasteiger partial charge in [-0.3, -0.25) is 0 Å². The summed E-state index contributed by atoms with van der Waals surface area (Å²) in [6.45, 7) is 4.80. The van der Waals surface area contributed by atoms with Crippen molar-refractivity contribution in [2.24, 2.45) is 0 Å². The van der Waals surface area contributed by atoms with Crippen LogP contribution in [0.25, 0.3) is 0 Å². The van der Waals surface area contributed by atoms with Crippen LogP contribution in [0.2, 0.25) is 0 Å². The van der Waals surface area contributed by atoms with Gasteiger partial charge in [-0.15, -0.1) is 0 Å². The monoisotopic (exact) mass is 222 g/mol. The zero-order chi connectivity index (χ0) is 11.4. The Morgan fingerprint density at radius 1 is 1.19 bits per heavy atom. The van der Waals surface area contributed by atoms with E-state index in [9.17, 15) is 0 Å². The number of nitrogens with zero attached hydrogens (tertiary/aromatic N) is 4. The van der Waals surface area contributed by atoms with Crippen LogP contribution < -0.4 is 16.0 Å². The Bertz CT molecular complexity index is 347. The molecule has 1 fully saturated rings. The lowest BCUT2D eigenvalue weighted by molar-refractivity contribution is 0.568. The second kappa shape index (κ2) is 4.96. The van der Waals surface area contributed by atoms with Gasteiger partial charge in [0.2, 0.25) is 17.8 Å². The molecule has 1 aliphatic heterocycles. The van der Waals surface area contributed by atoms with Crippen LogP contribution in [0.5, 0.6) is 0 Å². The van der Waals surface area contributed by atoms with Gasteiger partial charge in [0.25, 0.3) is 0 Å². The minimum atomic E-state index is 0.284. The molecular formula is C10H18N6. The van der Waals surface area contributed by atoms with Crippen molar-refractivity contribution in [3.8, 4) is 0 Å². The quantitative estimate of drug-likeness (QED) is 0.790. The van der Waals surface area contributed by atoms with Crippen LogP contribution in [0, 0.1) is 0 Å². The number of nitrogen functional groups attached to an aromatic ring is 1. The second-order valence-electron chi connectivity index (χ2n) is 3.90. The van der Waals surface area contributed by atoms with Crippen molar-refractivity contribution in [1.82, 2.24) is 15.0 Å². The first-order valence-electron chi connectivity index (χ1n) is 5.80. The van der Waals surface area contributed by atoms with Gasteiger partial charge in [-0.25, -0.2) is 0 Å². The van der Waals surface area contributed by atoms with Crippen LogP contribution in [-0.2, 0) is 0 Å². The molecule has 2 rings (SSSR count). The van der Waals surface area contributed by atoms with Gasteiger partial charge in [0, 0.05) is 19.6 Å². The zero-order valence-electron chi connectivity index (χ0n) is 9.61. The fourth-order valence-corrected chi connectivity index (χ4v) is 1.85. The van der Waals surface area contributed by atoms with Crippen molar-refractivity contribution in [2.75, 3.05) is 35.6 Å². The van der Waals surface area contributed by atoms with Crippen molar-refractivity contribution in [1.29, 1.82) is 0 Å². The number of nitrogens with two attached hydrogens (primary N) is 1. The van der Waals surface area contributed by atoms with E-state index in [1.807, 2.05) is 6.92 Å². The SMILES string of the molecule is CCNc1nc(N)nc(N2CCCCC2)n1. The molecule has 0 unspecified atom stereocenters. The van der Waals surface area contributed by atoms with Crippen molar-refractivity contribution < 1.29 is 0 Å².